The predicted molar refractivity (Wildman–Crippen MR) is 122 cm³/mol. The van der Waals surface area contributed by atoms with Gasteiger partial charge >= 0.3 is 0 Å². The van der Waals surface area contributed by atoms with E-state index in [1.165, 1.54) is 0 Å². The van der Waals surface area contributed by atoms with Gasteiger partial charge in [0, 0.05) is 31.9 Å². The number of benzene rings is 1. The number of aryl methyl sites for hydroxylation is 2. The van der Waals surface area contributed by atoms with Crippen molar-refractivity contribution in [1.29, 1.82) is 0 Å². The van der Waals surface area contributed by atoms with Gasteiger partial charge in [-0.05, 0) is 38.0 Å². The number of amides is 1. The molecule has 2 aromatic rings. The molecule has 0 unspecified atom stereocenters. The van der Waals surface area contributed by atoms with Gasteiger partial charge in [-0.25, -0.2) is 0 Å². The Hall–Kier alpha value is -3.17. The van der Waals surface area contributed by atoms with Crippen molar-refractivity contribution < 1.29 is 24.2 Å². The van der Waals surface area contributed by atoms with Gasteiger partial charge in [0.2, 0.25) is 0 Å². The number of H-pyrrole nitrogens is 1. The molecule has 2 N–H and O–H groups in total. The zero-order chi connectivity index (χ0) is 23.5. The second-order valence-corrected chi connectivity index (χ2v) is 8.38. The molecule has 1 amide bonds. The SMILES string of the molecule is COc1ccc([C@@H]2C(=C(O)c3c(C)n[nH]c3C)C(=O)C(=O)N2CCCN2CCOCC2)cc1. The summed E-state index contributed by atoms with van der Waals surface area (Å²) in [7, 11) is 1.58. The molecule has 3 heterocycles. The maximum absolute atomic E-state index is 13.2. The predicted octanol–water partition coefficient (Wildman–Crippen LogP) is 2.18. The number of rotatable bonds is 7. The number of likely N-dealkylation sites (tertiary alicyclic amines) is 1. The summed E-state index contributed by atoms with van der Waals surface area (Å²) in [5.41, 5.74) is 2.49. The standard InChI is InChI=1S/C24H30N4O5/c1-15-19(16(2)26-25-15)22(29)20-21(17-5-7-18(32-3)8-6-17)28(24(31)23(20)30)10-4-9-27-11-13-33-14-12-27/h5-8,21,29H,4,9-14H2,1-3H3,(H,25,26)/t21-/m1/s1. The summed E-state index contributed by atoms with van der Waals surface area (Å²) in [5, 5.41) is 18.2. The summed E-state index contributed by atoms with van der Waals surface area (Å²) < 4.78 is 10.7. The molecule has 33 heavy (non-hydrogen) atoms. The molecular weight excluding hydrogens is 424 g/mol. The number of aromatic nitrogens is 2. The second kappa shape index (κ2) is 9.76. The average molecular weight is 455 g/mol. The quantitative estimate of drug-likeness (QED) is 0.375. The van der Waals surface area contributed by atoms with E-state index in [1.807, 2.05) is 12.1 Å². The number of methoxy groups -OCH3 is 1. The van der Waals surface area contributed by atoms with Gasteiger partial charge in [-0.1, -0.05) is 12.1 Å². The van der Waals surface area contributed by atoms with E-state index in [4.69, 9.17) is 9.47 Å². The minimum Gasteiger partial charge on any atom is -0.507 e. The number of nitrogens with zero attached hydrogens (tertiary/aromatic N) is 3. The Bertz CT molecular complexity index is 1030. The molecule has 0 bridgehead atoms. The lowest BCUT2D eigenvalue weighted by Gasteiger charge is -2.29. The lowest BCUT2D eigenvalue weighted by atomic mass is 9.94. The van der Waals surface area contributed by atoms with Crippen LogP contribution in [0.3, 0.4) is 0 Å². The van der Waals surface area contributed by atoms with Gasteiger partial charge in [0.25, 0.3) is 11.7 Å². The molecular formula is C24H30N4O5. The van der Waals surface area contributed by atoms with Crippen LogP contribution in [0.1, 0.15) is 35.0 Å². The molecule has 2 aliphatic heterocycles. The van der Waals surface area contributed by atoms with Crippen LogP contribution in [0.25, 0.3) is 5.76 Å². The van der Waals surface area contributed by atoms with E-state index >= 15 is 0 Å². The van der Waals surface area contributed by atoms with Gasteiger partial charge in [0.1, 0.15) is 11.5 Å². The number of carbonyl (C=O) groups excluding carboxylic acids is 2. The first-order valence-electron chi connectivity index (χ1n) is 11.2. The van der Waals surface area contributed by atoms with Crippen LogP contribution in [0.15, 0.2) is 29.8 Å². The summed E-state index contributed by atoms with van der Waals surface area (Å²) in [4.78, 5) is 30.1. The van der Waals surface area contributed by atoms with E-state index in [0.717, 1.165) is 25.2 Å². The highest BCUT2D eigenvalue weighted by Crippen LogP contribution is 2.40. The number of morpholine rings is 1. The first-order valence-corrected chi connectivity index (χ1v) is 11.2. The van der Waals surface area contributed by atoms with Crippen LogP contribution in [0.4, 0.5) is 0 Å². The van der Waals surface area contributed by atoms with Gasteiger partial charge in [-0.15, -0.1) is 0 Å². The average Bonchev–Trinajstić information content (AvgIpc) is 3.30. The number of aliphatic hydroxyl groups is 1. The van der Waals surface area contributed by atoms with Crippen LogP contribution in [-0.2, 0) is 14.3 Å². The second-order valence-electron chi connectivity index (χ2n) is 8.38. The molecule has 2 aliphatic rings. The smallest absolute Gasteiger partial charge is 0.295 e. The van der Waals surface area contributed by atoms with Gasteiger partial charge in [-0.2, -0.15) is 5.10 Å². The zero-order valence-electron chi connectivity index (χ0n) is 19.3. The van der Waals surface area contributed by atoms with E-state index in [0.29, 0.717) is 48.9 Å². The van der Waals surface area contributed by atoms with Crippen molar-refractivity contribution in [2.45, 2.75) is 26.3 Å². The van der Waals surface area contributed by atoms with Crippen LogP contribution in [0.2, 0.25) is 0 Å². The molecule has 0 spiro atoms. The van der Waals surface area contributed by atoms with Crippen LogP contribution in [0.5, 0.6) is 5.75 Å². The number of carbonyl (C=O) groups is 2. The molecule has 1 atom stereocenters. The topological polar surface area (TPSA) is 108 Å². The highest BCUT2D eigenvalue weighted by atomic mass is 16.5. The lowest BCUT2D eigenvalue weighted by molar-refractivity contribution is -0.140. The number of aromatic amines is 1. The Labute approximate surface area is 193 Å². The molecule has 2 fully saturated rings. The lowest BCUT2D eigenvalue weighted by Crippen LogP contribution is -2.38. The summed E-state index contributed by atoms with van der Waals surface area (Å²) in [6.07, 6.45) is 0.712. The maximum Gasteiger partial charge on any atom is 0.295 e. The zero-order valence-corrected chi connectivity index (χ0v) is 19.3. The third-order valence-electron chi connectivity index (χ3n) is 6.31. The highest BCUT2D eigenvalue weighted by molar-refractivity contribution is 6.46. The van der Waals surface area contributed by atoms with Crippen LogP contribution in [0, 0.1) is 13.8 Å². The van der Waals surface area contributed by atoms with E-state index < -0.39 is 17.7 Å². The molecule has 1 aromatic heterocycles. The molecule has 9 nitrogen and oxygen atoms in total. The van der Waals surface area contributed by atoms with Crippen LogP contribution < -0.4 is 4.74 Å². The van der Waals surface area contributed by atoms with Crippen molar-refractivity contribution in [2.75, 3.05) is 46.5 Å². The molecule has 0 radical (unpaired) electrons. The van der Waals surface area contributed by atoms with E-state index in [1.54, 1.807) is 38.0 Å². The molecule has 1 aromatic carbocycles. The van der Waals surface area contributed by atoms with Crippen molar-refractivity contribution in [1.82, 2.24) is 20.0 Å². The number of aliphatic hydroxyl groups excluding tert-OH is 1. The normalized spacial score (nSPS) is 21.1. The van der Waals surface area contributed by atoms with Gasteiger partial charge < -0.3 is 19.5 Å². The molecule has 4 rings (SSSR count). The van der Waals surface area contributed by atoms with E-state index in [2.05, 4.69) is 15.1 Å². The number of hydrogen-bond donors (Lipinski definition) is 2. The van der Waals surface area contributed by atoms with Crippen molar-refractivity contribution in [3.8, 4) is 5.75 Å². The summed E-state index contributed by atoms with van der Waals surface area (Å²) in [6.45, 7) is 7.87. The molecule has 176 valence electrons. The Morgan fingerprint density at radius 1 is 1.18 bits per heavy atom. The summed E-state index contributed by atoms with van der Waals surface area (Å²) >= 11 is 0. The van der Waals surface area contributed by atoms with Crippen molar-refractivity contribution in [3.05, 3.63) is 52.4 Å². The largest absolute Gasteiger partial charge is 0.507 e. The van der Waals surface area contributed by atoms with Gasteiger partial charge in [-0.3, -0.25) is 19.6 Å². The Morgan fingerprint density at radius 2 is 1.88 bits per heavy atom. The fourth-order valence-corrected chi connectivity index (χ4v) is 4.57. The number of ether oxygens (including phenoxy) is 2. The monoisotopic (exact) mass is 454 g/mol. The van der Waals surface area contributed by atoms with Crippen LogP contribution >= 0.6 is 0 Å². The summed E-state index contributed by atoms with van der Waals surface area (Å²) in [6, 6.07) is 6.54. The fourth-order valence-electron chi connectivity index (χ4n) is 4.57. The maximum atomic E-state index is 13.2. The minimum atomic E-state index is -0.686. The van der Waals surface area contributed by atoms with Crippen molar-refractivity contribution in [3.63, 3.8) is 0 Å². The van der Waals surface area contributed by atoms with Crippen molar-refractivity contribution >= 4 is 17.4 Å². The Balaban J connectivity index is 1.69. The molecule has 9 heteroatoms. The molecule has 0 aliphatic carbocycles. The van der Waals surface area contributed by atoms with E-state index in [-0.39, 0.29) is 11.3 Å². The third-order valence-corrected chi connectivity index (χ3v) is 6.31. The number of hydrogen-bond acceptors (Lipinski definition) is 7. The van der Waals surface area contributed by atoms with E-state index in [9.17, 15) is 14.7 Å². The fraction of sp³-hybridized carbons (Fsp3) is 0.458. The number of Topliss-reactive ketones (excluding diaryl/α,β-unsaturated/α-hetero) is 1. The minimum absolute atomic E-state index is 0.0872. The highest BCUT2D eigenvalue weighted by Gasteiger charge is 2.46. The molecule has 2 saturated heterocycles. The van der Waals surface area contributed by atoms with Crippen LogP contribution in [-0.4, -0.2) is 83.3 Å². The van der Waals surface area contributed by atoms with Gasteiger partial charge in [0.05, 0.1) is 43.2 Å². The number of nitrogens with one attached hydrogen (secondary N) is 1. The third kappa shape index (κ3) is 4.51. The Morgan fingerprint density at radius 3 is 2.48 bits per heavy atom. The first kappa shape index (κ1) is 23.0. The molecule has 0 saturated carbocycles. The Kier molecular flexibility index (Phi) is 6.80. The van der Waals surface area contributed by atoms with Gasteiger partial charge in [0.15, 0.2) is 0 Å². The summed E-state index contributed by atoms with van der Waals surface area (Å²) in [5.74, 6) is -0.809. The van der Waals surface area contributed by atoms with Crippen molar-refractivity contribution in [2.24, 2.45) is 0 Å². The first-order chi connectivity index (χ1) is 15.9. The number of ketones is 1.